The van der Waals surface area contributed by atoms with Gasteiger partial charge in [-0.3, -0.25) is 0 Å². The Kier molecular flexibility index (Phi) is 5.99. The molecule has 0 spiro atoms. The van der Waals surface area contributed by atoms with Crippen LogP contribution in [-0.2, 0) is 0 Å². The van der Waals surface area contributed by atoms with Crippen LogP contribution in [0.15, 0.2) is 11.6 Å². The van der Waals surface area contributed by atoms with Gasteiger partial charge in [0, 0.05) is 11.8 Å². The minimum Gasteiger partial charge on any atom is -0.393 e. The molecule has 178 valence electrons. The van der Waals surface area contributed by atoms with Crippen LogP contribution in [0.25, 0.3) is 0 Å². The SMILES string of the molecule is CC(C)CCCC(C)[C@H]1CC[C@H]2C3=C[C@@H](O)[C@@]4(O)C[C@@H](O)CC[C@]4(C)[C@@]3(O)CC[C@]12C. The molecule has 1 unspecified atom stereocenters. The molecule has 9 atom stereocenters. The first-order valence-electron chi connectivity index (χ1n) is 12.9. The van der Waals surface area contributed by atoms with E-state index in [1.165, 1.54) is 25.7 Å². The van der Waals surface area contributed by atoms with Gasteiger partial charge in [-0.15, -0.1) is 0 Å². The summed E-state index contributed by atoms with van der Waals surface area (Å²) in [6.07, 6.45) is 9.08. The Morgan fingerprint density at radius 3 is 2.35 bits per heavy atom. The van der Waals surface area contributed by atoms with Gasteiger partial charge in [0.15, 0.2) is 0 Å². The maximum atomic E-state index is 12.2. The summed E-state index contributed by atoms with van der Waals surface area (Å²) in [5, 5.41) is 45.1. The third kappa shape index (κ3) is 3.30. The second-order valence-corrected chi connectivity index (χ2v) is 12.6. The summed E-state index contributed by atoms with van der Waals surface area (Å²) in [7, 11) is 0. The zero-order valence-electron chi connectivity index (χ0n) is 20.4. The number of fused-ring (bicyclic) bond motifs is 5. The predicted molar refractivity (Wildman–Crippen MR) is 123 cm³/mol. The number of hydrogen-bond acceptors (Lipinski definition) is 4. The molecule has 0 bridgehead atoms. The lowest BCUT2D eigenvalue weighted by Crippen LogP contribution is -2.72. The van der Waals surface area contributed by atoms with E-state index in [4.69, 9.17) is 0 Å². The van der Waals surface area contributed by atoms with Crippen molar-refractivity contribution < 1.29 is 20.4 Å². The van der Waals surface area contributed by atoms with Crippen LogP contribution in [0.4, 0.5) is 0 Å². The Hall–Kier alpha value is -0.420. The molecule has 3 saturated carbocycles. The number of rotatable bonds is 5. The second-order valence-electron chi connectivity index (χ2n) is 12.6. The highest BCUT2D eigenvalue weighted by Gasteiger charge is 2.70. The zero-order valence-corrected chi connectivity index (χ0v) is 20.4. The molecule has 4 N–H and O–H groups in total. The smallest absolute Gasteiger partial charge is 0.105 e. The van der Waals surface area contributed by atoms with Crippen molar-refractivity contribution in [3.63, 3.8) is 0 Å². The van der Waals surface area contributed by atoms with E-state index >= 15 is 0 Å². The average Bonchev–Trinajstić information content (AvgIpc) is 3.03. The van der Waals surface area contributed by atoms with Crippen LogP contribution in [0, 0.1) is 34.5 Å². The summed E-state index contributed by atoms with van der Waals surface area (Å²) in [5.41, 5.74) is -2.26. The van der Waals surface area contributed by atoms with E-state index in [0.29, 0.717) is 31.1 Å². The molecule has 4 aliphatic rings. The fourth-order valence-corrected chi connectivity index (χ4v) is 8.53. The van der Waals surface area contributed by atoms with Gasteiger partial charge < -0.3 is 20.4 Å². The fourth-order valence-electron chi connectivity index (χ4n) is 8.53. The number of aliphatic hydroxyl groups excluding tert-OH is 2. The Bertz CT molecular complexity index is 718. The van der Waals surface area contributed by atoms with Gasteiger partial charge in [-0.25, -0.2) is 0 Å². The van der Waals surface area contributed by atoms with E-state index in [-0.39, 0.29) is 17.8 Å². The molecule has 0 radical (unpaired) electrons. The minimum atomic E-state index is -1.47. The Labute approximate surface area is 189 Å². The summed E-state index contributed by atoms with van der Waals surface area (Å²) in [5.74, 6) is 2.35. The van der Waals surface area contributed by atoms with Gasteiger partial charge in [0.2, 0.25) is 0 Å². The first kappa shape index (κ1) is 23.7. The third-order valence-electron chi connectivity index (χ3n) is 10.6. The van der Waals surface area contributed by atoms with Crippen molar-refractivity contribution in [3.8, 4) is 0 Å². The van der Waals surface area contributed by atoms with Crippen molar-refractivity contribution in [2.24, 2.45) is 34.5 Å². The highest BCUT2D eigenvalue weighted by atomic mass is 16.4. The standard InChI is InChI=1S/C27H46O4/c1-17(2)7-6-8-18(3)20-9-10-21-22-15-23(29)27(31)16-19(28)11-12-25(27,5)26(22,30)14-13-24(20,21)4/h15,17-21,23,28-31H,6-14,16H2,1-5H3/t18?,19-,20+,21-,23+,24+,25+,26+,27-/m0/s1. The molecular formula is C27H46O4. The van der Waals surface area contributed by atoms with E-state index in [1.54, 1.807) is 6.08 Å². The van der Waals surface area contributed by atoms with E-state index in [2.05, 4.69) is 27.7 Å². The van der Waals surface area contributed by atoms with Crippen molar-refractivity contribution in [1.82, 2.24) is 0 Å². The normalized spacial score (nSPS) is 50.5. The maximum absolute atomic E-state index is 12.2. The van der Waals surface area contributed by atoms with Gasteiger partial charge in [-0.2, -0.15) is 0 Å². The van der Waals surface area contributed by atoms with Gasteiger partial charge in [0.25, 0.3) is 0 Å². The molecule has 0 amide bonds. The summed E-state index contributed by atoms with van der Waals surface area (Å²) < 4.78 is 0. The quantitative estimate of drug-likeness (QED) is 0.477. The van der Waals surface area contributed by atoms with Gasteiger partial charge >= 0.3 is 0 Å². The molecule has 0 aromatic rings. The number of aliphatic hydroxyl groups is 4. The second kappa shape index (κ2) is 7.82. The van der Waals surface area contributed by atoms with Crippen LogP contribution in [0.3, 0.4) is 0 Å². The topological polar surface area (TPSA) is 80.9 Å². The highest BCUT2D eigenvalue weighted by Crippen LogP contribution is 2.69. The summed E-state index contributed by atoms with van der Waals surface area (Å²) in [4.78, 5) is 0. The van der Waals surface area contributed by atoms with Crippen molar-refractivity contribution in [3.05, 3.63) is 11.6 Å². The van der Waals surface area contributed by atoms with Gasteiger partial charge in [-0.1, -0.05) is 60.0 Å². The lowest BCUT2D eigenvalue weighted by molar-refractivity contribution is -0.258. The van der Waals surface area contributed by atoms with Crippen LogP contribution in [0.2, 0.25) is 0 Å². The summed E-state index contributed by atoms with van der Waals surface area (Å²) in [6.45, 7) is 11.4. The summed E-state index contributed by atoms with van der Waals surface area (Å²) in [6, 6.07) is 0. The van der Waals surface area contributed by atoms with Crippen molar-refractivity contribution in [1.29, 1.82) is 0 Å². The molecular weight excluding hydrogens is 388 g/mol. The number of hydrogen-bond donors (Lipinski definition) is 4. The van der Waals surface area contributed by atoms with Gasteiger partial charge in [-0.05, 0) is 73.2 Å². The zero-order chi connectivity index (χ0) is 22.8. The van der Waals surface area contributed by atoms with Crippen LogP contribution in [-0.4, -0.2) is 43.8 Å². The molecule has 0 heterocycles. The van der Waals surface area contributed by atoms with Crippen LogP contribution >= 0.6 is 0 Å². The van der Waals surface area contributed by atoms with E-state index < -0.39 is 28.8 Å². The predicted octanol–water partition coefficient (Wildman–Crippen LogP) is 4.59. The molecule has 0 aliphatic heterocycles. The molecule has 31 heavy (non-hydrogen) atoms. The van der Waals surface area contributed by atoms with Crippen LogP contribution in [0.5, 0.6) is 0 Å². The van der Waals surface area contributed by atoms with E-state index in [9.17, 15) is 20.4 Å². The third-order valence-corrected chi connectivity index (χ3v) is 10.6. The highest BCUT2D eigenvalue weighted by molar-refractivity contribution is 5.40. The van der Waals surface area contributed by atoms with Crippen molar-refractivity contribution in [2.75, 3.05) is 0 Å². The average molecular weight is 435 g/mol. The Morgan fingerprint density at radius 1 is 0.968 bits per heavy atom. The lowest BCUT2D eigenvalue weighted by Gasteiger charge is -2.65. The molecule has 0 aromatic heterocycles. The Morgan fingerprint density at radius 2 is 1.68 bits per heavy atom. The van der Waals surface area contributed by atoms with E-state index in [1.807, 2.05) is 6.92 Å². The van der Waals surface area contributed by atoms with Gasteiger partial charge in [0.05, 0.1) is 11.7 Å². The summed E-state index contributed by atoms with van der Waals surface area (Å²) >= 11 is 0. The maximum Gasteiger partial charge on any atom is 0.105 e. The molecule has 4 heteroatoms. The molecule has 4 nitrogen and oxygen atoms in total. The molecule has 4 rings (SSSR count). The van der Waals surface area contributed by atoms with Crippen molar-refractivity contribution in [2.45, 2.75) is 122 Å². The largest absolute Gasteiger partial charge is 0.393 e. The monoisotopic (exact) mass is 434 g/mol. The van der Waals surface area contributed by atoms with E-state index in [0.717, 1.165) is 24.3 Å². The minimum absolute atomic E-state index is 0.133. The lowest BCUT2D eigenvalue weighted by atomic mass is 9.43. The fraction of sp³-hybridized carbons (Fsp3) is 0.926. The van der Waals surface area contributed by atoms with Crippen molar-refractivity contribution >= 4 is 0 Å². The molecule has 4 aliphatic carbocycles. The van der Waals surface area contributed by atoms with Crippen LogP contribution < -0.4 is 0 Å². The first-order valence-corrected chi connectivity index (χ1v) is 12.9. The first-order chi connectivity index (χ1) is 14.4. The van der Waals surface area contributed by atoms with Crippen LogP contribution in [0.1, 0.15) is 98.8 Å². The van der Waals surface area contributed by atoms with Gasteiger partial charge in [0.1, 0.15) is 11.7 Å². The molecule has 0 aromatic carbocycles. The molecule has 0 saturated heterocycles. The Balaban J connectivity index is 1.63. The molecule has 3 fully saturated rings.